The molecule has 0 aromatic heterocycles. The summed E-state index contributed by atoms with van der Waals surface area (Å²) in [5.41, 5.74) is 14.6. The van der Waals surface area contributed by atoms with Gasteiger partial charge in [0, 0.05) is 22.7 Å². The van der Waals surface area contributed by atoms with E-state index >= 15 is 0 Å². The Kier molecular flexibility index (Phi) is 5.47. The maximum Gasteiger partial charge on any atom is 0.120 e. The second-order valence-electron chi connectivity index (χ2n) is 13.2. The molecule has 39 heavy (non-hydrogen) atoms. The third-order valence-electron chi connectivity index (χ3n) is 9.38. The van der Waals surface area contributed by atoms with Crippen molar-refractivity contribution in [1.29, 1.82) is 0 Å². The van der Waals surface area contributed by atoms with Crippen LogP contribution in [0, 0.1) is 13.8 Å². The van der Waals surface area contributed by atoms with Crippen LogP contribution < -0.4 is 9.64 Å². The number of nitrogens with zero attached hydrogens (tertiary/aromatic N) is 1. The highest BCUT2D eigenvalue weighted by Crippen LogP contribution is 2.66. The van der Waals surface area contributed by atoms with Crippen molar-refractivity contribution >= 4 is 17.1 Å². The molecule has 3 aromatic carbocycles. The lowest BCUT2D eigenvalue weighted by Crippen LogP contribution is -2.43. The predicted molar refractivity (Wildman–Crippen MR) is 162 cm³/mol. The van der Waals surface area contributed by atoms with E-state index in [1.54, 1.807) is 6.08 Å². The van der Waals surface area contributed by atoms with E-state index < -0.39 is 0 Å². The smallest absolute Gasteiger partial charge is 0.120 e. The molecule has 0 saturated heterocycles. The standard InChI is InChI=1S/C36H41NO2/c1-11-23(4)38-13-12-14-39-24-19-29-33-30(20-24)36(9,10)28-18-22(3)16-26-32(28)37(33)31-25(34(26,5)6)15-21(2)17-27(31)35(29,7)8/h11,15-20H,1,4,12-14H2,2-3,5-10H3. The summed E-state index contributed by atoms with van der Waals surface area (Å²) < 4.78 is 12.0. The minimum atomic E-state index is -0.174. The Balaban J connectivity index is 1.57. The average molecular weight is 520 g/mol. The number of rotatable bonds is 7. The van der Waals surface area contributed by atoms with Gasteiger partial charge in [-0.1, -0.05) is 90.1 Å². The zero-order chi connectivity index (χ0) is 28.1. The molecule has 3 heteroatoms. The van der Waals surface area contributed by atoms with E-state index in [0.29, 0.717) is 19.0 Å². The van der Waals surface area contributed by atoms with Crippen molar-refractivity contribution in [3.05, 3.63) is 106 Å². The number of aryl methyl sites for hydroxylation is 2. The van der Waals surface area contributed by atoms with Crippen LogP contribution in [-0.4, -0.2) is 13.2 Å². The van der Waals surface area contributed by atoms with Crippen molar-refractivity contribution in [2.24, 2.45) is 0 Å². The van der Waals surface area contributed by atoms with Gasteiger partial charge in [0.05, 0.1) is 30.3 Å². The van der Waals surface area contributed by atoms with Crippen LogP contribution in [0.15, 0.2) is 61.4 Å². The van der Waals surface area contributed by atoms with Gasteiger partial charge in [-0.25, -0.2) is 0 Å². The molecule has 0 spiro atoms. The normalized spacial score (nSPS) is 17.8. The van der Waals surface area contributed by atoms with E-state index in [1.807, 2.05) is 0 Å². The molecule has 202 valence electrons. The zero-order valence-corrected chi connectivity index (χ0v) is 24.8. The van der Waals surface area contributed by atoms with Crippen LogP contribution in [0.2, 0.25) is 0 Å². The van der Waals surface area contributed by atoms with Crippen molar-refractivity contribution in [3.8, 4) is 5.75 Å². The lowest BCUT2D eigenvalue weighted by atomic mass is 9.60. The Labute approximate surface area is 234 Å². The van der Waals surface area contributed by atoms with Crippen molar-refractivity contribution in [1.82, 2.24) is 0 Å². The molecule has 0 aliphatic carbocycles. The summed E-state index contributed by atoms with van der Waals surface area (Å²) in [6.45, 7) is 27.5. The van der Waals surface area contributed by atoms with Gasteiger partial charge in [-0.15, -0.1) is 0 Å². The molecule has 0 radical (unpaired) electrons. The first-order chi connectivity index (χ1) is 18.3. The largest absolute Gasteiger partial charge is 0.494 e. The van der Waals surface area contributed by atoms with Crippen LogP contribution in [0.25, 0.3) is 0 Å². The van der Waals surface area contributed by atoms with E-state index in [9.17, 15) is 0 Å². The molecule has 3 aliphatic heterocycles. The molecular weight excluding hydrogens is 478 g/mol. The second kappa shape index (κ2) is 8.27. The molecule has 3 aliphatic rings. The zero-order valence-electron chi connectivity index (χ0n) is 24.8. The minimum absolute atomic E-state index is 0.0914. The summed E-state index contributed by atoms with van der Waals surface area (Å²) in [7, 11) is 0. The number of hydrogen-bond acceptors (Lipinski definition) is 3. The molecule has 0 saturated carbocycles. The number of hydrogen-bond donors (Lipinski definition) is 0. The van der Waals surface area contributed by atoms with Crippen molar-refractivity contribution in [3.63, 3.8) is 0 Å². The molecule has 0 atom stereocenters. The van der Waals surface area contributed by atoms with Crippen LogP contribution >= 0.6 is 0 Å². The van der Waals surface area contributed by atoms with Crippen molar-refractivity contribution in [2.45, 2.75) is 78.1 Å². The van der Waals surface area contributed by atoms with Gasteiger partial charge in [-0.2, -0.15) is 0 Å². The molecular formula is C36H41NO2. The maximum atomic E-state index is 6.41. The summed E-state index contributed by atoms with van der Waals surface area (Å²) in [6, 6.07) is 14.3. The van der Waals surface area contributed by atoms with Crippen LogP contribution in [0.3, 0.4) is 0 Å². The SMILES string of the molecule is C=CC(=C)OCCCOc1cc2c3c(c1)C(C)(C)c1cc(C)cc4c1N3c1c(cc(C)cc1C2(C)C)C4(C)C. The summed E-state index contributed by atoms with van der Waals surface area (Å²) in [5.74, 6) is 1.53. The monoisotopic (exact) mass is 519 g/mol. The molecule has 3 aromatic rings. The molecule has 0 fully saturated rings. The first kappa shape index (κ1) is 25.8. The van der Waals surface area contributed by atoms with Gasteiger partial charge in [-0.3, -0.25) is 0 Å². The van der Waals surface area contributed by atoms with Crippen molar-refractivity contribution < 1.29 is 9.47 Å². The third kappa shape index (κ3) is 3.48. The van der Waals surface area contributed by atoms with Gasteiger partial charge in [0.25, 0.3) is 0 Å². The predicted octanol–water partition coefficient (Wildman–Crippen LogP) is 9.18. The van der Waals surface area contributed by atoms with Crippen LogP contribution in [0.4, 0.5) is 17.1 Å². The van der Waals surface area contributed by atoms with Crippen LogP contribution in [-0.2, 0) is 21.0 Å². The van der Waals surface area contributed by atoms with Gasteiger partial charge in [-0.05, 0) is 65.4 Å². The topological polar surface area (TPSA) is 21.7 Å². The number of ether oxygens (including phenoxy) is 2. The summed E-state index contributed by atoms with van der Waals surface area (Å²) >= 11 is 0. The molecule has 0 bridgehead atoms. The highest BCUT2D eigenvalue weighted by molar-refractivity contribution is 5.98. The Morgan fingerprint density at radius 1 is 0.692 bits per heavy atom. The Bertz CT molecular complexity index is 1470. The van der Waals surface area contributed by atoms with Crippen LogP contribution in [0.5, 0.6) is 5.75 Å². The van der Waals surface area contributed by atoms with E-state index in [-0.39, 0.29) is 16.2 Å². The number of allylic oxidation sites excluding steroid dienone is 1. The molecule has 0 amide bonds. The fourth-order valence-electron chi connectivity index (χ4n) is 7.11. The second-order valence-corrected chi connectivity index (χ2v) is 13.2. The number of benzene rings is 3. The summed E-state index contributed by atoms with van der Waals surface area (Å²) in [6.07, 6.45) is 2.42. The molecule has 6 rings (SSSR count). The van der Waals surface area contributed by atoms with Gasteiger partial charge < -0.3 is 14.4 Å². The Hall–Kier alpha value is -3.46. The fraction of sp³-hybridized carbons (Fsp3) is 0.389. The highest BCUT2D eigenvalue weighted by atomic mass is 16.5. The van der Waals surface area contributed by atoms with E-state index in [0.717, 1.165) is 12.2 Å². The first-order valence-electron chi connectivity index (χ1n) is 14.2. The van der Waals surface area contributed by atoms with E-state index in [1.165, 1.54) is 61.6 Å². The fourth-order valence-corrected chi connectivity index (χ4v) is 7.11. The van der Waals surface area contributed by atoms with Gasteiger partial charge >= 0.3 is 0 Å². The third-order valence-corrected chi connectivity index (χ3v) is 9.38. The average Bonchev–Trinajstić information content (AvgIpc) is 2.87. The minimum Gasteiger partial charge on any atom is -0.494 e. The van der Waals surface area contributed by atoms with Gasteiger partial charge in [0.15, 0.2) is 0 Å². The van der Waals surface area contributed by atoms with Gasteiger partial charge in [0.2, 0.25) is 0 Å². The quantitative estimate of drug-likeness (QED) is 0.176. The Morgan fingerprint density at radius 3 is 1.46 bits per heavy atom. The first-order valence-corrected chi connectivity index (χ1v) is 14.2. The van der Waals surface area contributed by atoms with Crippen molar-refractivity contribution in [2.75, 3.05) is 18.1 Å². The van der Waals surface area contributed by atoms with E-state index in [2.05, 4.69) is 110 Å². The lowest BCUT2D eigenvalue weighted by molar-refractivity contribution is 0.193. The Morgan fingerprint density at radius 2 is 1.08 bits per heavy atom. The van der Waals surface area contributed by atoms with Crippen LogP contribution in [0.1, 0.15) is 92.5 Å². The summed E-state index contributed by atoms with van der Waals surface area (Å²) in [4.78, 5) is 2.61. The lowest BCUT2D eigenvalue weighted by Gasteiger charge is -2.55. The molecule has 3 nitrogen and oxygen atoms in total. The maximum absolute atomic E-state index is 6.41. The number of anilines is 3. The van der Waals surface area contributed by atoms with E-state index in [4.69, 9.17) is 9.47 Å². The van der Waals surface area contributed by atoms with Gasteiger partial charge in [0.1, 0.15) is 11.5 Å². The molecule has 0 unspecified atom stereocenters. The molecule has 0 N–H and O–H groups in total. The summed E-state index contributed by atoms with van der Waals surface area (Å²) in [5, 5.41) is 0. The highest BCUT2D eigenvalue weighted by Gasteiger charge is 2.52. The molecule has 3 heterocycles.